The zero-order valence-corrected chi connectivity index (χ0v) is 14.8. The minimum atomic E-state index is 0.357. The fraction of sp³-hybridized carbons (Fsp3) is 0.722. The Balaban J connectivity index is 2.00. The van der Waals surface area contributed by atoms with E-state index in [2.05, 4.69) is 44.9 Å². The molecule has 0 atom stereocenters. The molecule has 21 heavy (non-hydrogen) atoms. The van der Waals surface area contributed by atoms with Gasteiger partial charge in [-0.3, -0.25) is 4.98 Å². The van der Waals surface area contributed by atoms with Crippen LogP contribution in [0.25, 0.3) is 0 Å². The van der Waals surface area contributed by atoms with Crippen molar-refractivity contribution in [2.75, 3.05) is 5.32 Å². The number of nitrogens with zero attached hydrogens (tertiary/aromatic N) is 1. The molecule has 1 fully saturated rings. The summed E-state index contributed by atoms with van der Waals surface area (Å²) in [7, 11) is 0. The highest BCUT2D eigenvalue weighted by molar-refractivity contribution is 6.33. The summed E-state index contributed by atoms with van der Waals surface area (Å²) in [4.78, 5) is 4.40. The first-order chi connectivity index (χ1) is 9.79. The molecule has 3 heteroatoms. The molecular formula is C18H29ClN2. The topological polar surface area (TPSA) is 24.9 Å². The smallest absolute Gasteiger partial charge is 0.0855 e. The van der Waals surface area contributed by atoms with Crippen LogP contribution in [0.3, 0.4) is 0 Å². The second-order valence-corrected chi connectivity index (χ2v) is 8.15. The summed E-state index contributed by atoms with van der Waals surface area (Å²) < 4.78 is 0. The van der Waals surface area contributed by atoms with Crippen LogP contribution in [0.5, 0.6) is 0 Å². The standard InChI is InChI=1S/C18H29ClN2/c1-12(2)17-16(19)15(10-11-20-17)21-14-8-6-13(7-9-14)18(3,4)5/h10-14H,6-9H2,1-5H3,(H,20,21). The van der Waals surface area contributed by atoms with Crippen LogP contribution in [0.2, 0.25) is 5.02 Å². The Morgan fingerprint density at radius 2 is 1.81 bits per heavy atom. The van der Waals surface area contributed by atoms with E-state index in [4.69, 9.17) is 11.6 Å². The quantitative estimate of drug-likeness (QED) is 0.754. The molecule has 0 spiro atoms. The molecule has 1 heterocycles. The van der Waals surface area contributed by atoms with Gasteiger partial charge in [-0.05, 0) is 49.0 Å². The molecule has 118 valence electrons. The molecule has 0 amide bonds. The lowest BCUT2D eigenvalue weighted by molar-refractivity contribution is 0.173. The molecule has 1 saturated carbocycles. The predicted octanol–water partition coefficient (Wildman–Crippen LogP) is 5.88. The zero-order chi connectivity index (χ0) is 15.6. The van der Waals surface area contributed by atoms with E-state index in [1.807, 2.05) is 12.3 Å². The summed E-state index contributed by atoms with van der Waals surface area (Å²) in [6, 6.07) is 2.55. The van der Waals surface area contributed by atoms with E-state index in [-0.39, 0.29) is 0 Å². The Kier molecular flexibility index (Phi) is 5.19. The fourth-order valence-electron chi connectivity index (χ4n) is 3.30. The van der Waals surface area contributed by atoms with Crippen molar-refractivity contribution >= 4 is 17.3 Å². The summed E-state index contributed by atoms with van der Waals surface area (Å²) >= 11 is 6.50. The van der Waals surface area contributed by atoms with E-state index in [0.29, 0.717) is 17.4 Å². The van der Waals surface area contributed by atoms with Gasteiger partial charge in [0.2, 0.25) is 0 Å². The van der Waals surface area contributed by atoms with Gasteiger partial charge in [-0.15, -0.1) is 0 Å². The molecule has 0 unspecified atom stereocenters. The summed E-state index contributed by atoms with van der Waals surface area (Å²) in [6.07, 6.45) is 6.95. The Bertz CT molecular complexity index is 469. The molecule has 1 aromatic rings. The van der Waals surface area contributed by atoms with E-state index >= 15 is 0 Å². The Hall–Kier alpha value is -0.760. The van der Waals surface area contributed by atoms with Crippen LogP contribution in [0.1, 0.15) is 71.9 Å². The van der Waals surface area contributed by atoms with Crippen LogP contribution in [-0.4, -0.2) is 11.0 Å². The van der Waals surface area contributed by atoms with E-state index in [9.17, 15) is 0 Å². The van der Waals surface area contributed by atoms with Gasteiger partial charge in [0.25, 0.3) is 0 Å². The molecule has 0 aliphatic heterocycles. The SMILES string of the molecule is CC(C)c1nccc(NC2CCC(C(C)(C)C)CC2)c1Cl. The maximum atomic E-state index is 6.50. The Labute approximate surface area is 134 Å². The predicted molar refractivity (Wildman–Crippen MR) is 92.2 cm³/mol. The van der Waals surface area contributed by atoms with Gasteiger partial charge in [0, 0.05) is 12.2 Å². The van der Waals surface area contributed by atoms with Gasteiger partial charge in [0.05, 0.1) is 16.4 Å². The number of hydrogen-bond acceptors (Lipinski definition) is 2. The average Bonchev–Trinajstić information content (AvgIpc) is 2.40. The molecule has 2 rings (SSSR count). The minimum Gasteiger partial charge on any atom is -0.381 e. The van der Waals surface area contributed by atoms with Crippen molar-refractivity contribution in [3.8, 4) is 0 Å². The van der Waals surface area contributed by atoms with Crippen LogP contribution in [-0.2, 0) is 0 Å². The van der Waals surface area contributed by atoms with Crippen molar-refractivity contribution in [3.05, 3.63) is 23.0 Å². The lowest BCUT2D eigenvalue weighted by Crippen LogP contribution is -2.31. The highest BCUT2D eigenvalue weighted by Gasteiger charge is 2.29. The largest absolute Gasteiger partial charge is 0.381 e. The number of pyridine rings is 1. The third-order valence-corrected chi connectivity index (χ3v) is 5.17. The number of hydrogen-bond donors (Lipinski definition) is 1. The second-order valence-electron chi connectivity index (χ2n) is 7.77. The summed E-state index contributed by atoms with van der Waals surface area (Å²) in [5.41, 5.74) is 2.48. The van der Waals surface area contributed by atoms with Crippen LogP contribution < -0.4 is 5.32 Å². The molecule has 1 aromatic heterocycles. The first-order valence-electron chi connectivity index (χ1n) is 8.20. The summed E-state index contributed by atoms with van der Waals surface area (Å²) in [5.74, 6) is 1.20. The van der Waals surface area contributed by atoms with E-state index in [0.717, 1.165) is 22.3 Å². The molecule has 0 aromatic carbocycles. The molecule has 0 saturated heterocycles. The third-order valence-electron chi connectivity index (χ3n) is 4.77. The lowest BCUT2D eigenvalue weighted by Gasteiger charge is -2.37. The van der Waals surface area contributed by atoms with Gasteiger partial charge in [-0.25, -0.2) is 0 Å². The first kappa shape index (κ1) is 16.6. The van der Waals surface area contributed by atoms with Crippen molar-refractivity contribution in [2.45, 2.75) is 72.3 Å². The van der Waals surface area contributed by atoms with E-state index in [1.54, 1.807) is 0 Å². The van der Waals surface area contributed by atoms with Crippen LogP contribution >= 0.6 is 11.6 Å². The average molecular weight is 309 g/mol. The highest BCUT2D eigenvalue weighted by Crippen LogP contribution is 2.39. The van der Waals surface area contributed by atoms with Crippen molar-refractivity contribution in [2.24, 2.45) is 11.3 Å². The number of rotatable bonds is 3. The second kappa shape index (κ2) is 6.56. The normalized spacial score (nSPS) is 23.4. The Morgan fingerprint density at radius 3 is 2.33 bits per heavy atom. The van der Waals surface area contributed by atoms with Gasteiger partial charge in [-0.1, -0.05) is 46.2 Å². The van der Waals surface area contributed by atoms with Crippen molar-refractivity contribution in [3.63, 3.8) is 0 Å². The van der Waals surface area contributed by atoms with Gasteiger partial charge in [0.1, 0.15) is 0 Å². The number of aromatic nitrogens is 1. The zero-order valence-electron chi connectivity index (χ0n) is 14.0. The number of halogens is 1. The monoisotopic (exact) mass is 308 g/mol. The van der Waals surface area contributed by atoms with Crippen LogP contribution in [0.15, 0.2) is 12.3 Å². The maximum Gasteiger partial charge on any atom is 0.0855 e. The van der Waals surface area contributed by atoms with Gasteiger partial charge >= 0.3 is 0 Å². The molecule has 0 bridgehead atoms. The molecule has 1 aliphatic rings. The molecule has 2 nitrogen and oxygen atoms in total. The van der Waals surface area contributed by atoms with Gasteiger partial charge < -0.3 is 5.32 Å². The molecule has 1 aliphatic carbocycles. The fourth-order valence-corrected chi connectivity index (χ4v) is 3.68. The number of nitrogens with one attached hydrogen (secondary N) is 1. The minimum absolute atomic E-state index is 0.357. The molecular weight excluding hydrogens is 280 g/mol. The van der Waals surface area contributed by atoms with Crippen LogP contribution in [0, 0.1) is 11.3 Å². The highest BCUT2D eigenvalue weighted by atomic mass is 35.5. The van der Waals surface area contributed by atoms with Crippen LogP contribution in [0.4, 0.5) is 5.69 Å². The molecule has 1 N–H and O–H groups in total. The number of anilines is 1. The Morgan fingerprint density at radius 1 is 1.19 bits per heavy atom. The lowest BCUT2D eigenvalue weighted by atomic mass is 9.71. The van der Waals surface area contributed by atoms with E-state index < -0.39 is 0 Å². The summed E-state index contributed by atoms with van der Waals surface area (Å²) in [6.45, 7) is 11.3. The van der Waals surface area contributed by atoms with E-state index in [1.165, 1.54) is 25.7 Å². The third kappa shape index (κ3) is 4.12. The van der Waals surface area contributed by atoms with Crippen molar-refractivity contribution in [1.29, 1.82) is 0 Å². The van der Waals surface area contributed by atoms with Gasteiger partial charge in [0.15, 0.2) is 0 Å². The van der Waals surface area contributed by atoms with Crippen molar-refractivity contribution < 1.29 is 0 Å². The maximum absolute atomic E-state index is 6.50. The molecule has 0 radical (unpaired) electrons. The van der Waals surface area contributed by atoms with Crippen molar-refractivity contribution in [1.82, 2.24) is 4.98 Å². The van der Waals surface area contributed by atoms with Gasteiger partial charge in [-0.2, -0.15) is 0 Å². The summed E-state index contributed by atoms with van der Waals surface area (Å²) in [5, 5.41) is 4.44. The first-order valence-corrected chi connectivity index (χ1v) is 8.57.